The Morgan fingerprint density at radius 2 is 1.91 bits per heavy atom. The Labute approximate surface area is 191 Å². The van der Waals surface area contributed by atoms with Gasteiger partial charge in [-0.05, 0) is 42.5 Å². The molecule has 0 bridgehead atoms. The van der Waals surface area contributed by atoms with Gasteiger partial charge in [-0.1, -0.05) is 48.9 Å². The molecule has 1 amide bonds. The van der Waals surface area contributed by atoms with Gasteiger partial charge in [-0.15, -0.1) is 0 Å². The number of aliphatic imine (C=N–C) groups is 1. The average Bonchev–Trinajstić information content (AvgIpc) is 3.23. The molecule has 4 rings (SSSR count). The molecule has 32 heavy (non-hydrogen) atoms. The van der Waals surface area contributed by atoms with E-state index in [0.29, 0.717) is 19.1 Å². The van der Waals surface area contributed by atoms with Gasteiger partial charge in [0.15, 0.2) is 5.96 Å². The van der Waals surface area contributed by atoms with Gasteiger partial charge in [-0.25, -0.2) is 0 Å². The van der Waals surface area contributed by atoms with Crippen LogP contribution in [0.2, 0.25) is 0 Å². The zero-order valence-corrected chi connectivity index (χ0v) is 18.9. The molecule has 2 aromatic carbocycles. The molecule has 1 saturated heterocycles. The fourth-order valence-corrected chi connectivity index (χ4v) is 4.27. The van der Waals surface area contributed by atoms with Crippen molar-refractivity contribution in [2.24, 2.45) is 16.8 Å². The van der Waals surface area contributed by atoms with E-state index in [-0.39, 0.29) is 11.8 Å². The SMILES string of the molecule is CN=C(NCc1cccc(NC(=O)C2CCC2)c1)N1CCC(COCc2ccccc2)C1. The molecule has 170 valence electrons. The van der Waals surface area contributed by atoms with E-state index in [0.717, 1.165) is 62.6 Å². The molecule has 6 heteroatoms. The lowest BCUT2D eigenvalue weighted by Crippen LogP contribution is -2.39. The number of hydrogen-bond acceptors (Lipinski definition) is 3. The predicted molar refractivity (Wildman–Crippen MR) is 128 cm³/mol. The fraction of sp³-hybridized carbons (Fsp3) is 0.462. The van der Waals surface area contributed by atoms with Crippen molar-refractivity contribution < 1.29 is 9.53 Å². The predicted octanol–water partition coefficient (Wildman–Crippen LogP) is 4.04. The summed E-state index contributed by atoms with van der Waals surface area (Å²) in [6.45, 7) is 4.04. The lowest BCUT2D eigenvalue weighted by molar-refractivity contribution is -0.122. The average molecular weight is 435 g/mol. The van der Waals surface area contributed by atoms with E-state index in [1.807, 2.05) is 43.4 Å². The molecule has 2 N–H and O–H groups in total. The first kappa shape index (κ1) is 22.3. The molecule has 2 fully saturated rings. The minimum atomic E-state index is 0.148. The number of nitrogens with zero attached hydrogens (tertiary/aromatic N) is 2. The maximum Gasteiger partial charge on any atom is 0.227 e. The Morgan fingerprint density at radius 3 is 2.66 bits per heavy atom. The number of likely N-dealkylation sites (tertiary alicyclic amines) is 1. The molecule has 1 heterocycles. The molecule has 1 aliphatic heterocycles. The summed E-state index contributed by atoms with van der Waals surface area (Å²) in [5.41, 5.74) is 3.21. The van der Waals surface area contributed by atoms with Gasteiger partial charge < -0.3 is 20.3 Å². The van der Waals surface area contributed by atoms with Crippen molar-refractivity contribution in [2.45, 2.75) is 38.8 Å². The molecule has 0 aromatic heterocycles. The van der Waals surface area contributed by atoms with E-state index in [4.69, 9.17) is 4.74 Å². The van der Waals surface area contributed by atoms with Gasteiger partial charge in [-0.2, -0.15) is 0 Å². The third-order valence-electron chi connectivity index (χ3n) is 6.38. The second-order valence-corrected chi connectivity index (χ2v) is 8.82. The van der Waals surface area contributed by atoms with Gasteiger partial charge >= 0.3 is 0 Å². The Hall–Kier alpha value is -2.86. The van der Waals surface area contributed by atoms with Crippen LogP contribution in [0.25, 0.3) is 0 Å². The summed E-state index contributed by atoms with van der Waals surface area (Å²) in [5.74, 6) is 1.77. The number of carbonyl (C=O) groups excluding carboxylic acids is 1. The molecular weight excluding hydrogens is 400 g/mol. The van der Waals surface area contributed by atoms with Gasteiger partial charge in [0.2, 0.25) is 5.91 Å². The number of hydrogen-bond donors (Lipinski definition) is 2. The van der Waals surface area contributed by atoms with Crippen LogP contribution in [0.4, 0.5) is 5.69 Å². The fourth-order valence-electron chi connectivity index (χ4n) is 4.27. The first-order chi connectivity index (χ1) is 15.7. The first-order valence-corrected chi connectivity index (χ1v) is 11.7. The molecular formula is C26H34N4O2. The number of benzene rings is 2. The summed E-state index contributed by atoms with van der Waals surface area (Å²) in [7, 11) is 1.83. The zero-order chi connectivity index (χ0) is 22.2. The minimum absolute atomic E-state index is 0.148. The Kier molecular flexibility index (Phi) is 7.77. The minimum Gasteiger partial charge on any atom is -0.376 e. The molecule has 6 nitrogen and oxygen atoms in total. The van der Waals surface area contributed by atoms with Crippen LogP contribution in [0.3, 0.4) is 0 Å². The lowest BCUT2D eigenvalue weighted by Gasteiger charge is -2.24. The number of amides is 1. The van der Waals surface area contributed by atoms with E-state index in [2.05, 4.69) is 38.7 Å². The van der Waals surface area contributed by atoms with Crippen LogP contribution in [-0.2, 0) is 22.7 Å². The summed E-state index contributed by atoms with van der Waals surface area (Å²) >= 11 is 0. The van der Waals surface area contributed by atoms with Gasteiger partial charge in [0, 0.05) is 44.2 Å². The van der Waals surface area contributed by atoms with E-state index < -0.39 is 0 Å². The smallest absolute Gasteiger partial charge is 0.227 e. The van der Waals surface area contributed by atoms with Crippen LogP contribution < -0.4 is 10.6 Å². The number of ether oxygens (including phenoxy) is 1. The van der Waals surface area contributed by atoms with Crippen molar-refractivity contribution in [3.05, 3.63) is 65.7 Å². The highest BCUT2D eigenvalue weighted by Crippen LogP contribution is 2.27. The summed E-state index contributed by atoms with van der Waals surface area (Å²) < 4.78 is 5.95. The van der Waals surface area contributed by atoms with Gasteiger partial charge in [0.1, 0.15) is 0 Å². The highest BCUT2D eigenvalue weighted by molar-refractivity contribution is 5.93. The number of guanidine groups is 1. The van der Waals surface area contributed by atoms with E-state index in [1.54, 1.807) is 0 Å². The molecule has 1 aliphatic carbocycles. The van der Waals surface area contributed by atoms with Gasteiger partial charge in [0.05, 0.1) is 13.2 Å². The van der Waals surface area contributed by atoms with E-state index in [1.165, 1.54) is 5.56 Å². The number of nitrogens with one attached hydrogen (secondary N) is 2. The van der Waals surface area contributed by atoms with E-state index in [9.17, 15) is 4.79 Å². The normalized spacial score (nSPS) is 19.0. The largest absolute Gasteiger partial charge is 0.376 e. The van der Waals surface area contributed by atoms with Crippen LogP contribution in [0.15, 0.2) is 59.6 Å². The monoisotopic (exact) mass is 434 g/mol. The number of carbonyl (C=O) groups is 1. The molecule has 1 atom stereocenters. The third kappa shape index (κ3) is 6.10. The topological polar surface area (TPSA) is 66.0 Å². The quantitative estimate of drug-likeness (QED) is 0.486. The molecule has 0 spiro atoms. The molecule has 2 aromatic rings. The van der Waals surface area contributed by atoms with Crippen molar-refractivity contribution in [2.75, 3.05) is 32.1 Å². The maximum atomic E-state index is 12.2. The van der Waals surface area contributed by atoms with Crippen molar-refractivity contribution >= 4 is 17.6 Å². The summed E-state index contributed by atoms with van der Waals surface area (Å²) in [5, 5.41) is 6.54. The zero-order valence-electron chi connectivity index (χ0n) is 18.9. The Balaban J connectivity index is 1.21. The first-order valence-electron chi connectivity index (χ1n) is 11.7. The lowest BCUT2D eigenvalue weighted by atomic mass is 9.85. The molecule has 2 aliphatic rings. The molecule has 0 radical (unpaired) electrons. The van der Waals surface area contributed by atoms with Crippen LogP contribution in [0.1, 0.15) is 36.8 Å². The van der Waals surface area contributed by atoms with E-state index >= 15 is 0 Å². The van der Waals surface area contributed by atoms with Crippen molar-refractivity contribution in [3.8, 4) is 0 Å². The van der Waals surface area contributed by atoms with Gasteiger partial charge in [0.25, 0.3) is 0 Å². The number of rotatable bonds is 8. The van der Waals surface area contributed by atoms with Crippen LogP contribution >= 0.6 is 0 Å². The molecule has 1 saturated carbocycles. The second-order valence-electron chi connectivity index (χ2n) is 8.82. The number of anilines is 1. The Bertz CT molecular complexity index is 911. The van der Waals surface area contributed by atoms with Crippen LogP contribution in [-0.4, -0.2) is 43.5 Å². The summed E-state index contributed by atoms with van der Waals surface area (Å²) in [4.78, 5) is 19.0. The van der Waals surface area contributed by atoms with Crippen molar-refractivity contribution in [3.63, 3.8) is 0 Å². The highest BCUT2D eigenvalue weighted by Gasteiger charge is 2.26. The van der Waals surface area contributed by atoms with Crippen LogP contribution in [0, 0.1) is 11.8 Å². The van der Waals surface area contributed by atoms with Crippen molar-refractivity contribution in [1.29, 1.82) is 0 Å². The van der Waals surface area contributed by atoms with Crippen molar-refractivity contribution in [1.82, 2.24) is 10.2 Å². The standard InChI is InChI=1S/C26H34N4O2/c1-27-26(30-14-13-22(17-30)19-32-18-20-7-3-2-4-8-20)28-16-21-9-5-12-24(15-21)29-25(31)23-10-6-11-23/h2-5,7-9,12,15,22-23H,6,10-11,13-14,16-19H2,1H3,(H,27,28)(H,29,31). The summed E-state index contributed by atoms with van der Waals surface area (Å²) in [6, 6.07) is 18.4. The third-order valence-corrected chi connectivity index (χ3v) is 6.38. The maximum absolute atomic E-state index is 12.2. The van der Waals surface area contributed by atoms with Gasteiger partial charge in [-0.3, -0.25) is 9.79 Å². The summed E-state index contributed by atoms with van der Waals surface area (Å²) in [6.07, 6.45) is 4.30. The highest BCUT2D eigenvalue weighted by atomic mass is 16.5. The Morgan fingerprint density at radius 1 is 1.09 bits per heavy atom. The van der Waals surface area contributed by atoms with Crippen LogP contribution in [0.5, 0.6) is 0 Å². The second kappa shape index (κ2) is 11.1. The molecule has 1 unspecified atom stereocenters.